The molecule has 5 nitrogen and oxygen atoms in total. The molecule has 0 heterocycles. The van der Waals surface area contributed by atoms with Crippen LogP contribution in [0, 0.1) is 0 Å². The van der Waals surface area contributed by atoms with Crippen LogP contribution in [0.25, 0.3) is 6.08 Å². The number of benzene rings is 1. The van der Waals surface area contributed by atoms with Crippen LogP contribution < -0.4 is 10.1 Å². The molecule has 7 heteroatoms. The van der Waals surface area contributed by atoms with Crippen molar-refractivity contribution in [2.24, 2.45) is 0 Å². The van der Waals surface area contributed by atoms with E-state index < -0.39 is 24.0 Å². The van der Waals surface area contributed by atoms with Crippen molar-refractivity contribution in [3.05, 3.63) is 35.9 Å². The van der Waals surface area contributed by atoms with E-state index in [2.05, 4.69) is 14.8 Å². The summed E-state index contributed by atoms with van der Waals surface area (Å²) in [5, 5.41) is 2.45. The fraction of sp³-hybridized carbons (Fsp3) is 0.333. The number of alkyl halides is 2. The first kappa shape index (κ1) is 17.6. The summed E-state index contributed by atoms with van der Waals surface area (Å²) in [5.74, 6) is -1.22. The number of ether oxygens (including phenoxy) is 2. The van der Waals surface area contributed by atoms with Crippen molar-refractivity contribution in [2.45, 2.75) is 26.0 Å². The van der Waals surface area contributed by atoms with Crippen molar-refractivity contribution in [2.75, 3.05) is 7.11 Å². The van der Waals surface area contributed by atoms with Crippen LogP contribution in [0.5, 0.6) is 5.75 Å². The van der Waals surface area contributed by atoms with Crippen LogP contribution in [0.3, 0.4) is 0 Å². The van der Waals surface area contributed by atoms with Gasteiger partial charge in [-0.05, 0) is 26.0 Å². The Kier molecular flexibility index (Phi) is 6.03. The van der Waals surface area contributed by atoms with E-state index in [0.717, 1.165) is 6.08 Å². The lowest BCUT2D eigenvalue weighted by Gasteiger charge is -2.22. The lowest BCUT2D eigenvalue weighted by atomic mass is 10.1. The smallest absolute Gasteiger partial charge is 0.387 e. The highest BCUT2D eigenvalue weighted by Crippen LogP contribution is 2.21. The summed E-state index contributed by atoms with van der Waals surface area (Å²) in [5.41, 5.74) is -0.886. The third-order valence-corrected chi connectivity index (χ3v) is 2.68. The van der Waals surface area contributed by atoms with Crippen LogP contribution in [0.2, 0.25) is 0 Å². The van der Waals surface area contributed by atoms with Crippen molar-refractivity contribution < 1.29 is 27.8 Å². The maximum Gasteiger partial charge on any atom is 0.387 e. The number of para-hydroxylation sites is 1. The molecule has 1 aromatic carbocycles. The van der Waals surface area contributed by atoms with Gasteiger partial charge in [0.1, 0.15) is 11.3 Å². The summed E-state index contributed by atoms with van der Waals surface area (Å²) in [4.78, 5) is 23.2. The summed E-state index contributed by atoms with van der Waals surface area (Å²) in [7, 11) is 1.21. The van der Waals surface area contributed by atoms with Crippen molar-refractivity contribution in [3.63, 3.8) is 0 Å². The van der Waals surface area contributed by atoms with Crippen LogP contribution in [0.4, 0.5) is 8.78 Å². The van der Waals surface area contributed by atoms with E-state index in [1.165, 1.54) is 45.2 Å². The Morgan fingerprint density at radius 3 is 2.50 bits per heavy atom. The molecule has 22 heavy (non-hydrogen) atoms. The Bertz CT molecular complexity index is 570. The zero-order valence-corrected chi connectivity index (χ0v) is 12.4. The van der Waals surface area contributed by atoms with E-state index in [9.17, 15) is 18.4 Å². The predicted molar refractivity (Wildman–Crippen MR) is 76.3 cm³/mol. The van der Waals surface area contributed by atoms with Gasteiger partial charge in [-0.2, -0.15) is 8.78 Å². The van der Waals surface area contributed by atoms with Gasteiger partial charge in [0.15, 0.2) is 0 Å². The minimum Gasteiger partial charge on any atom is -0.467 e. The molecule has 0 aliphatic carbocycles. The molecular weight excluding hydrogens is 296 g/mol. The monoisotopic (exact) mass is 313 g/mol. The molecule has 0 aliphatic heterocycles. The minimum atomic E-state index is -2.96. The van der Waals surface area contributed by atoms with Crippen molar-refractivity contribution >= 4 is 18.0 Å². The van der Waals surface area contributed by atoms with Crippen LogP contribution in [-0.2, 0) is 14.3 Å². The predicted octanol–water partition coefficient (Wildman–Crippen LogP) is 2.37. The lowest BCUT2D eigenvalue weighted by Crippen LogP contribution is -2.49. The summed E-state index contributed by atoms with van der Waals surface area (Å²) in [6.07, 6.45) is 2.44. The van der Waals surface area contributed by atoms with E-state index in [1.54, 1.807) is 6.07 Å². The van der Waals surface area contributed by atoms with E-state index in [1.807, 2.05) is 0 Å². The lowest BCUT2D eigenvalue weighted by molar-refractivity contribution is -0.148. The third-order valence-electron chi connectivity index (χ3n) is 2.68. The zero-order valence-electron chi connectivity index (χ0n) is 12.4. The molecule has 0 aliphatic rings. The van der Waals surface area contributed by atoms with E-state index in [-0.39, 0.29) is 5.75 Å². The zero-order chi connectivity index (χ0) is 16.8. The molecule has 0 saturated heterocycles. The maximum atomic E-state index is 12.3. The second-order valence-corrected chi connectivity index (χ2v) is 4.86. The second-order valence-electron chi connectivity index (χ2n) is 4.86. The van der Waals surface area contributed by atoms with Gasteiger partial charge in [0.2, 0.25) is 5.91 Å². The van der Waals surface area contributed by atoms with Gasteiger partial charge in [-0.25, -0.2) is 4.79 Å². The van der Waals surface area contributed by atoms with Crippen molar-refractivity contribution in [1.82, 2.24) is 5.32 Å². The average molecular weight is 313 g/mol. The second kappa shape index (κ2) is 7.53. The van der Waals surface area contributed by atoms with Gasteiger partial charge >= 0.3 is 12.6 Å². The molecule has 0 bridgehead atoms. The Morgan fingerprint density at radius 1 is 1.27 bits per heavy atom. The minimum absolute atomic E-state index is 0.0474. The molecule has 0 atom stereocenters. The van der Waals surface area contributed by atoms with Crippen LogP contribution in [-0.4, -0.2) is 31.1 Å². The van der Waals surface area contributed by atoms with E-state index in [4.69, 9.17) is 0 Å². The molecule has 0 fully saturated rings. The van der Waals surface area contributed by atoms with Gasteiger partial charge in [-0.1, -0.05) is 18.2 Å². The molecule has 0 radical (unpaired) electrons. The fourth-order valence-electron chi connectivity index (χ4n) is 1.64. The highest BCUT2D eigenvalue weighted by molar-refractivity contribution is 5.96. The largest absolute Gasteiger partial charge is 0.467 e. The quantitative estimate of drug-likeness (QED) is 0.647. The van der Waals surface area contributed by atoms with Gasteiger partial charge in [-0.3, -0.25) is 4.79 Å². The molecule has 120 valence electrons. The van der Waals surface area contributed by atoms with Crippen molar-refractivity contribution in [3.8, 4) is 5.75 Å². The number of nitrogens with one attached hydrogen (secondary N) is 1. The molecule has 0 unspecified atom stereocenters. The number of carbonyl (C=O) groups excluding carboxylic acids is 2. The standard InChI is InChI=1S/C15H17F2NO4/c1-15(2,13(20)21-3)18-12(19)9-8-10-6-4-5-7-11(10)22-14(16)17/h4-9,14H,1-3H3,(H,18,19)/b9-8+. The van der Waals surface area contributed by atoms with Crippen LogP contribution in [0.1, 0.15) is 19.4 Å². The number of amides is 1. The molecule has 1 N–H and O–H groups in total. The Labute approximate surface area is 126 Å². The SMILES string of the molecule is COC(=O)C(C)(C)NC(=O)/C=C/c1ccccc1OC(F)F. The molecular formula is C15H17F2NO4. The summed E-state index contributed by atoms with van der Waals surface area (Å²) >= 11 is 0. The molecule has 0 spiro atoms. The number of methoxy groups -OCH3 is 1. The van der Waals surface area contributed by atoms with Gasteiger partial charge < -0.3 is 14.8 Å². The number of esters is 1. The first-order valence-electron chi connectivity index (χ1n) is 6.38. The first-order valence-corrected chi connectivity index (χ1v) is 6.38. The highest BCUT2D eigenvalue weighted by Gasteiger charge is 2.29. The van der Waals surface area contributed by atoms with E-state index in [0.29, 0.717) is 5.56 Å². The number of halogens is 2. The van der Waals surface area contributed by atoms with Crippen molar-refractivity contribution in [1.29, 1.82) is 0 Å². The summed E-state index contributed by atoms with van der Waals surface area (Å²) in [6.45, 7) is 0.0123. The third kappa shape index (κ3) is 5.16. The number of rotatable bonds is 6. The average Bonchev–Trinajstić information content (AvgIpc) is 2.44. The Hall–Kier alpha value is -2.44. The van der Waals surface area contributed by atoms with Gasteiger partial charge in [0.25, 0.3) is 0 Å². The Morgan fingerprint density at radius 2 is 1.91 bits per heavy atom. The molecule has 1 rings (SSSR count). The summed E-state index contributed by atoms with van der Waals surface area (Å²) in [6, 6.07) is 6.04. The van der Waals surface area contributed by atoms with Crippen LogP contribution >= 0.6 is 0 Å². The fourth-order valence-corrected chi connectivity index (χ4v) is 1.64. The van der Waals surface area contributed by atoms with Gasteiger partial charge in [-0.15, -0.1) is 0 Å². The highest BCUT2D eigenvalue weighted by atomic mass is 19.3. The topological polar surface area (TPSA) is 64.6 Å². The maximum absolute atomic E-state index is 12.3. The summed E-state index contributed by atoms with van der Waals surface area (Å²) < 4.78 is 33.4. The normalized spacial score (nSPS) is 11.5. The number of carbonyl (C=O) groups is 2. The van der Waals surface area contributed by atoms with Gasteiger partial charge in [0.05, 0.1) is 7.11 Å². The Balaban J connectivity index is 2.80. The molecule has 0 aromatic heterocycles. The molecule has 1 amide bonds. The number of hydrogen-bond donors (Lipinski definition) is 1. The van der Waals surface area contributed by atoms with E-state index >= 15 is 0 Å². The number of hydrogen-bond acceptors (Lipinski definition) is 4. The molecule has 0 saturated carbocycles. The van der Waals surface area contributed by atoms with Gasteiger partial charge in [0, 0.05) is 11.6 Å². The first-order chi connectivity index (χ1) is 10.3. The molecule has 1 aromatic rings. The van der Waals surface area contributed by atoms with Crippen LogP contribution in [0.15, 0.2) is 30.3 Å².